The standard InChI is InChI=1S/C20H30O9/c1-3-17(24)27-13-20(12-22,14-28-18(25)4-2)15-29-19(26)10-9-16(23)8-6-5-7-11-21/h3-4,9-10,16,21-23H,1-2,5-8,11-15H2. The Morgan fingerprint density at radius 1 is 0.862 bits per heavy atom. The minimum absolute atomic E-state index is 0.0924. The van der Waals surface area contributed by atoms with Gasteiger partial charge in [-0.15, -0.1) is 0 Å². The number of aliphatic hydroxyl groups is 3. The molecule has 1 unspecified atom stereocenters. The summed E-state index contributed by atoms with van der Waals surface area (Å²) in [5.41, 5.74) is -1.37. The molecule has 9 nitrogen and oxygen atoms in total. The second-order valence-corrected chi connectivity index (χ2v) is 6.39. The zero-order chi connectivity index (χ0) is 22.1. The first-order valence-corrected chi connectivity index (χ1v) is 9.15. The molecule has 0 amide bonds. The van der Waals surface area contributed by atoms with Gasteiger partial charge in [-0.05, 0) is 18.9 Å². The Bertz CT molecular complexity index is 544. The Labute approximate surface area is 170 Å². The molecular formula is C20H30O9. The highest BCUT2D eigenvalue weighted by molar-refractivity contribution is 5.82. The van der Waals surface area contributed by atoms with E-state index in [2.05, 4.69) is 13.2 Å². The lowest BCUT2D eigenvalue weighted by atomic mass is 9.92. The van der Waals surface area contributed by atoms with E-state index in [9.17, 15) is 24.6 Å². The van der Waals surface area contributed by atoms with Crippen LogP contribution < -0.4 is 0 Å². The normalized spacial score (nSPS) is 12.2. The van der Waals surface area contributed by atoms with Gasteiger partial charge in [-0.2, -0.15) is 0 Å². The minimum Gasteiger partial charge on any atom is -0.462 e. The number of aliphatic hydroxyl groups excluding tert-OH is 3. The second kappa shape index (κ2) is 15.4. The van der Waals surface area contributed by atoms with E-state index in [4.69, 9.17) is 19.3 Å². The molecule has 29 heavy (non-hydrogen) atoms. The van der Waals surface area contributed by atoms with E-state index < -0.39 is 42.6 Å². The number of hydrogen-bond acceptors (Lipinski definition) is 9. The zero-order valence-electron chi connectivity index (χ0n) is 16.5. The SMILES string of the molecule is C=CC(=O)OCC(CO)(COC(=O)C=C)COC(=O)C=CC(O)CCCCCO. The van der Waals surface area contributed by atoms with E-state index in [0.717, 1.165) is 24.6 Å². The van der Waals surface area contributed by atoms with Gasteiger partial charge >= 0.3 is 17.9 Å². The molecule has 0 aliphatic rings. The molecule has 0 heterocycles. The van der Waals surface area contributed by atoms with Crippen molar-refractivity contribution in [2.24, 2.45) is 5.41 Å². The highest BCUT2D eigenvalue weighted by Gasteiger charge is 2.35. The minimum atomic E-state index is -1.37. The predicted molar refractivity (Wildman–Crippen MR) is 103 cm³/mol. The number of carbonyl (C=O) groups excluding carboxylic acids is 3. The van der Waals surface area contributed by atoms with Gasteiger partial charge in [0.05, 0.1) is 18.1 Å². The smallest absolute Gasteiger partial charge is 0.330 e. The Morgan fingerprint density at radius 2 is 1.38 bits per heavy atom. The molecule has 0 fully saturated rings. The van der Waals surface area contributed by atoms with Gasteiger partial charge in [0.25, 0.3) is 0 Å². The average molecular weight is 414 g/mol. The maximum atomic E-state index is 11.9. The summed E-state index contributed by atoms with van der Waals surface area (Å²) in [7, 11) is 0. The Balaban J connectivity index is 4.77. The van der Waals surface area contributed by atoms with Crippen LogP contribution in [0.3, 0.4) is 0 Å². The van der Waals surface area contributed by atoms with Crippen LogP contribution in [0.5, 0.6) is 0 Å². The summed E-state index contributed by atoms with van der Waals surface area (Å²) < 4.78 is 14.9. The van der Waals surface area contributed by atoms with Crippen LogP contribution >= 0.6 is 0 Å². The summed E-state index contributed by atoms with van der Waals surface area (Å²) >= 11 is 0. The fraction of sp³-hybridized carbons (Fsp3) is 0.550. The fourth-order valence-corrected chi connectivity index (χ4v) is 2.03. The summed E-state index contributed by atoms with van der Waals surface area (Å²) in [6.45, 7) is 4.82. The Hall–Kier alpha value is -2.49. The molecule has 0 aromatic carbocycles. The first kappa shape index (κ1) is 26.5. The molecule has 0 aromatic heterocycles. The van der Waals surface area contributed by atoms with Crippen molar-refractivity contribution in [3.05, 3.63) is 37.5 Å². The molecule has 0 aliphatic carbocycles. The van der Waals surface area contributed by atoms with Gasteiger partial charge in [0, 0.05) is 24.8 Å². The van der Waals surface area contributed by atoms with Crippen molar-refractivity contribution in [2.45, 2.75) is 31.8 Å². The van der Waals surface area contributed by atoms with Crippen LogP contribution in [0, 0.1) is 5.41 Å². The van der Waals surface area contributed by atoms with Crippen LogP contribution in [0.2, 0.25) is 0 Å². The maximum Gasteiger partial charge on any atom is 0.330 e. The number of rotatable bonds is 16. The Kier molecular flexibility index (Phi) is 14.1. The first-order chi connectivity index (χ1) is 13.8. The number of hydrogen-bond donors (Lipinski definition) is 3. The van der Waals surface area contributed by atoms with Crippen molar-refractivity contribution in [3.63, 3.8) is 0 Å². The summed E-state index contributed by atoms with van der Waals surface area (Å²) in [5, 5.41) is 28.2. The van der Waals surface area contributed by atoms with Crippen molar-refractivity contribution >= 4 is 17.9 Å². The third-order valence-corrected chi connectivity index (χ3v) is 3.84. The van der Waals surface area contributed by atoms with Crippen LogP contribution in [0.4, 0.5) is 0 Å². The number of ether oxygens (including phenoxy) is 3. The van der Waals surface area contributed by atoms with Crippen molar-refractivity contribution < 1.29 is 43.9 Å². The number of unbranched alkanes of at least 4 members (excludes halogenated alkanes) is 2. The van der Waals surface area contributed by atoms with E-state index in [0.29, 0.717) is 19.3 Å². The lowest BCUT2D eigenvalue weighted by Crippen LogP contribution is -2.42. The Morgan fingerprint density at radius 3 is 1.83 bits per heavy atom. The van der Waals surface area contributed by atoms with Gasteiger partial charge in [-0.1, -0.05) is 26.0 Å². The fourth-order valence-electron chi connectivity index (χ4n) is 2.03. The highest BCUT2D eigenvalue weighted by atomic mass is 16.6. The predicted octanol–water partition coefficient (Wildman–Crippen LogP) is 0.436. The molecule has 0 bridgehead atoms. The maximum absolute atomic E-state index is 11.9. The van der Waals surface area contributed by atoms with Crippen LogP contribution in [-0.4, -0.2) is 72.4 Å². The molecule has 0 aliphatic heterocycles. The largest absolute Gasteiger partial charge is 0.462 e. The lowest BCUT2D eigenvalue weighted by molar-refractivity contribution is -0.159. The van der Waals surface area contributed by atoms with E-state index in [-0.39, 0.29) is 19.8 Å². The second-order valence-electron chi connectivity index (χ2n) is 6.39. The summed E-state index contributed by atoms with van der Waals surface area (Å²) in [6, 6.07) is 0. The molecule has 0 aromatic rings. The van der Waals surface area contributed by atoms with Gasteiger partial charge in [0.2, 0.25) is 0 Å². The number of carbonyl (C=O) groups is 3. The quantitative estimate of drug-likeness (QED) is 0.142. The monoisotopic (exact) mass is 414 g/mol. The third kappa shape index (κ3) is 12.6. The molecule has 0 saturated heterocycles. The van der Waals surface area contributed by atoms with Gasteiger partial charge < -0.3 is 29.5 Å². The van der Waals surface area contributed by atoms with Crippen LogP contribution in [0.15, 0.2) is 37.5 Å². The van der Waals surface area contributed by atoms with Crippen molar-refractivity contribution in [3.8, 4) is 0 Å². The average Bonchev–Trinajstić information content (AvgIpc) is 2.74. The van der Waals surface area contributed by atoms with E-state index in [1.807, 2.05) is 0 Å². The molecular weight excluding hydrogens is 384 g/mol. The van der Waals surface area contributed by atoms with Gasteiger partial charge in [-0.25, -0.2) is 14.4 Å². The van der Waals surface area contributed by atoms with Crippen molar-refractivity contribution in [1.82, 2.24) is 0 Å². The van der Waals surface area contributed by atoms with Gasteiger partial charge in [0.15, 0.2) is 0 Å². The zero-order valence-corrected chi connectivity index (χ0v) is 16.5. The van der Waals surface area contributed by atoms with E-state index >= 15 is 0 Å². The van der Waals surface area contributed by atoms with Gasteiger partial charge in [-0.3, -0.25) is 0 Å². The number of esters is 3. The first-order valence-electron chi connectivity index (χ1n) is 9.15. The van der Waals surface area contributed by atoms with Crippen molar-refractivity contribution in [1.29, 1.82) is 0 Å². The summed E-state index contributed by atoms with van der Waals surface area (Å²) in [4.78, 5) is 34.5. The molecule has 0 spiro atoms. The van der Waals surface area contributed by atoms with Crippen LogP contribution in [0.1, 0.15) is 25.7 Å². The summed E-state index contributed by atoms with van der Waals surface area (Å²) in [5.74, 6) is -2.30. The third-order valence-electron chi connectivity index (χ3n) is 3.84. The van der Waals surface area contributed by atoms with E-state index in [1.165, 1.54) is 6.08 Å². The molecule has 9 heteroatoms. The molecule has 0 saturated carbocycles. The van der Waals surface area contributed by atoms with E-state index in [1.54, 1.807) is 0 Å². The molecule has 3 N–H and O–H groups in total. The summed E-state index contributed by atoms with van der Waals surface area (Å²) in [6.07, 6.45) is 5.86. The topological polar surface area (TPSA) is 140 Å². The van der Waals surface area contributed by atoms with Crippen LogP contribution in [-0.2, 0) is 28.6 Å². The molecule has 0 radical (unpaired) electrons. The molecule has 164 valence electrons. The van der Waals surface area contributed by atoms with Gasteiger partial charge in [0.1, 0.15) is 19.8 Å². The molecule has 0 rings (SSSR count). The lowest BCUT2D eigenvalue weighted by Gasteiger charge is -2.29. The molecule has 1 atom stereocenters. The van der Waals surface area contributed by atoms with Crippen LogP contribution in [0.25, 0.3) is 0 Å². The highest BCUT2D eigenvalue weighted by Crippen LogP contribution is 2.20. The van der Waals surface area contributed by atoms with Crippen molar-refractivity contribution in [2.75, 3.05) is 33.0 Å².